The Kier molecular flexibility index (Phi) is 12.8. The number of rotatable bonds is 15. The smallest absolute Gasteiger partial charge is 0.251 e. The molecule has 0 saturated heterocycles. The summed E-state index contributed by atoms with van der Waals surface area (Å²) in [7, 11) is -2.59. The number of aliphatic hydroxyl groups is 1. The zero-order valence-electron chi connectivity index (χ0n) is 27.9. The maximum Gasteiger partial charge on any atom is 0.251 e. The molecular formula is C36H37F3N4O7S. The SMILES string of the molecule is C[C@@H](NC(=O)c1cc(C(=O)N[C@@H](COc2cc(F)cc(F)c2)[C@@H](O)CCC(=O)Nc2ccc(F)cc2)cc(N(C)S(C)(=O)=O)c1)c1ccccc1. The van der Waals surface area contributed by atoms with Gasteiger partial charge in [0.2, 0.25) is 15.9 Å². The molecule has 270 valence electrons. The number of benzene rings is 4. The van der Waals surface area contributed by atoms with Crippen LogP contribution in [0.15, 0.2) is 91.0 Å². The molecule has 0 heterocycles. The minimum absolute atomic E-state index is 0.0105. The second-order valence-electron chi connectivity index (χ2n) is 11.8. The van der Waals surface area contributed by atoms with Crippen molar-refractivity contribution < 1.29 is 45.8 Å². The Hall–Kier alpha value is -5.41. The molecular weight excluding hydrogens is 689 g/mol. The summed E-state index contributed by atoms with van der Waals surface area (Å²) in [5.41, 5.74) is 0.896. The minimum Gasteiger partial charge on any atom is -0.491 e. The van der Waals surface area contributed by atoms with Crippen LogP contribution < -0.4 is 25.0 Å². The lowest BCUT2D eigenvalue weighted by molar-refractivity contribution is -0.116. The second-order valence-corrected chi connectivity index (χ2v) is 13.8. The van der Waals surface area contributed by atoms with Crippen LogP contribution in [-0.4, -0.2) is 63.3 Å². The molecule has 4 rings (SSSR count). The van der Waals surface area contributed by atoms with Crippen LogP contribution in [0.2, 0.25) is 0 Å². The van der Waals surface area contributed by atoms with Gasteiger partial charge in [0.05, 0.1) is 30.1 Å². The normalized spacial score (nSPS) is 13.0. The molecule has 15 heteroatoms. The van der Waals surface area contributed by atoms with Gasteiger partial charge in [-0.15, -0.1) is 0 Å². The molecule has 0 saturated carbocycles. The molecule has 0 aromatic heterocycles. The molecule has 3 amide bonds. The summed E-state index contributed by atoms with van der Waals surface area (Å²) in [6, 6.07) is 18.6. The number of amides is 3. The molecule has 0 bridgehead atoms. The summed E-state index contributed by atoms with van der Waals surface area (Å²) in [6.07, 6.45) is -0.983. The van der Waals surface area contributed by atoms with Crippen LogP contribution in [0, 0.1) is 17.5 Å². The molecule has 0 aliphatic rings. The van der Waals surface area contributed by atoms with E-state index in [0.29, 0.717) is 11.8 Å². The predicted molar refractivity (Wildman–Crippen MR) is 185 cm³/mol. The molecule has 4 N–H and O–H groups in total. The van der Waals surface area contributed by atoms with Gasteiger partial charge in [0.1, 0.15) is 29.8 Å². The van der Waals surface area contributed by atoms with Crippen LogP contribution in [0.5, 0.6) is 5.75 Å². The van der Waals surface area contributed by atoms with Crippen LogP contribution in [0.4, 0.5) is 24.5 Å². The van der Waals surface area contributed by atoms with Gasteiger partial charge >= 0.3 is 0 Å². The van der Waals surface area contributed by atoms with E-state index in [2.05, 4.69) is 16.0 Å². The monoisotopic (exact) mass is 726 g/mol. The van der Waals surface area contributed by atoms with Crippen LogP contribution >= 0.6 is 0 Å². The van der Waals surface area contributed by atoms with Gasteiger partial charge < -0.3 is 25.8 Å². The number of ether oxygens (including phenoxy) is 1. The highest BCUT2D eigenvalue weighted by atomic mass is 32.2. The molecule has 0 aliphatic carbocycles. The van der Waals surface area contributed by atoms with Gasteiger partial charge in [0.25, 0.3) is 11.8 Å². The van der Waals surface area contributed by atoms with Crippen molar-refractivity contribution in [3.05, 3.63) is 125 Å². The van der Waals surface area contributed by atoms with Crippen molar-refractivity contribution in [3.63, 3.8) is 0 Å². The number of aliphatic hydroxyl groups excluding tert-OH is 1. The third kappa shape index (κ3) is 11.3. The van der Waals surface area contributed by atoms with E-state index in [1.807, 2.05) is 18.2 Å². The van der Waals surface area contributed by atoms with E-state index in [0.717, 1.165) is 40.4 Å². The summed E-state index contributed by atoms with van der Waals surface area (Å²) in [5.74, 6) is -4.59. The molecule has 0 aliphatic heterocycles. The molecule has 0 spiro atoms. The van der Waals surface area contributed by atoms with Crippen LogP contribution in [0.25, 0.3) is 0 Å². The van der Waals surface area contributed by atoms with E-state index in [-0.39, 0.29) is 35.4 Å². The third-order valence-corrected chi connectivity index (χ3v) is 9.00. The highest BCUT2D eigenvalue weighted by Gasteiger charge is 2.26. The van der Waals surface area contributed by atoms with Gasteiger partial charge in [-0.25, -0.2) is 21.6 Å². The minimum atomic E-state index is -3.84. The summed E-state index contributed by atoms with van der Waals surface area (Å²) >= 11 is 0. The number of hydrogen-bond acceptors (Lipinski definition) is 7. The Morgan fingerprint density at radius 1 is 0.824 bits per heavy atom. The first-order valence-electron chi connectivity index (χ1n) is 15.7. The van der Waals surface area contributed by atoms with Gasteiger partial charge in [-0.05, 0) is 61.4 Å². The van der Waals surface area contributed by atoms with E-state index >= 15 is 0 Å². The van der Waals surface area contributed by atoms with Crippen LogP contribution in [0.3, 0.4) is 0 Å². The molecule has 4 aromatic carbocycles. The fourth-order valence-electron chi connectivity index (χ4n) is 4.89. The molecule has 11 nitrogen and oxygen atoms in total. The lowest BCUT2D eigenvalue weighted by Crippen LogP contribution is -2.47. The fraction of sp³-hybridized carbons (Fsp3) is 0.250. The Morgan fingerprint density at radius 3 is 2.00 bits per heavy atom. The Bertz CT molecular complexity index is 1950. The van der Waals surface area contributed by atoms with Crippen molar-refractivity contribution in [2.75, 3.05) is 29.5 Å². The average molecular weight is 727 g/mol. The molecule has 51 heavy (non-hydrogen) atoms. The van der Waals surface area contributed by atoms with Gasteiger partial charge in [-0.2, -0.15) is 0 Å². The van der Waals surface area contributed by atoms with E-state index in [4.69, 9.17) is 4.74 Å². The van der Waals surface area contributed by atoms with Crippen molar-refractivity contribution in [1.82, 2.24) is 10.6 Å². The quantitative estimate of drug-likeness (QED) is 0.135. The Balaban J connectivity index is 1.58. The van der Waals surface area contributed by atoms with Gasteiger partial charge in [-0.3, -0.25) is 18.7 Å². The Morgan fingerprint density at radius 2 is 1.41 bits per heavy atom. The number of nitrogens with zero attached hydrogens (tertiary/aromatic N) is 1. The predicted octanol–water partition coefficient (Wildman–Crippen LogP) is 4.95. The highest BCUT2D eigenvalue weighted by Crippen LogP contribution is 2.23. The number of hydrogen-bond donors (Lipinski definition) is 4. The molecule has 0 radical (unpaired) electrons. The number of carbonyl (C=O) groups is 3. The number of halogens is 3. The van der Waals surface area contributed by atoms with Gasteiger partial charge in [0, 0.05) is 48.5 Å². The molecule has 0 unspecified atom stereocenters. The number of nitrogens with one attached hydrogen (secondary N) is 3. The van der Waals surface area contributed by atoms with Crippen molar-refractivity contribution >= 4 is 39.1 Å². The van der Waals surface area contributed by atoms with Crippen molar-refractivity contribution in [2.45, 2.75) is 38.0 Å². The third-order valence-electron chi connectivity index (χ3n) is 7.79. The first-order valence-corrected chi connectivity index (χ1v) is 17.5. The molecule has 3 atom stereocenters. The Labute approximate surface area is 293 Å². The standard InChI is InChI=1S/C36H37F3N4O7S/c1-22(23-7-5-4-6-8-23)40-35(46)24-15-25(17-30(16-24)43(2)51(3,48)49)36(47)42-32(21-50-31-19-27(38)18-28(39)20-31)33(44)13-14-34(45)41-29-11-9-26(37)10-12-29/h4-12,15-20,22,32-33,44H,13-14,21H2,1-3H3,(H,40,46)(H,41,45)(H,42,47)/t22-,32+,33+/m1/s1. The summed E-state index contributed by atoms with van der Waals surface area (Å²) in [4.78, 5) is 39.7. The average Bonchev–Trinajstić information content (AvgIpc) is 3.08. The van der Waals surface area contributed by atoms with Crippen molar-refractivity contribution in [2.24, 2.45) is 0 Å². The van der Waals surface area contributed by atoms with E-state index in [9.17, 15) is 41.1 Å². The topological polar surface area (TPSA) is 154 Å². The summed E-state index contributed by atoms with van der Waals surface area (Å²) < 4.78 is 72.1. The van der Waals surface area contributed by atoms with E-state index in [1.54, 1.807) is 19.1 Å². The number of anilines is 2. The maximum absolute atomic E-state index is 13.8. The zero-order chi connectivity index (χ0) is 37.3. The van der Waals surface area contributed by atoms with Crippen LogP contribution in [-0.2, 0) is 14.8 Å². The number of sulfonamides is 1. The zero-order valence-corrected chi connectivity index (χ0v) is 28.7. The fourth-order valence-corrected chi connectivity index (χ4v) is 5.38. The lowest BCUT2D eigenvalue weighted by Gasteiger charge is -2.25. The highest BCUT2D eigenvalue weighted by molar-refractivity contribution is 7.92. The molecule has 4 aromatic rings. The second kappa shape index (κ2) is 17.0. The van der Waals surface area contributed by atoms with Gasteiger partial charge in [-0.1, -0.05) is 30.3 Å². The van der Waals surface area contributed by atoms with E-state index in [1.165, 1.54) is 37.4 Å². The lowest BCUT2D eigenvalue weighted by atomic mass is 10.0. The van der Waals surface area contributed by atoms with E-state index < -0.39 is 70.0 Å². The first kappa shape index (κ1) is 38.4. The van der Waals surface area contributed by atoms with Gasteiger partial charge in [0.15, 0.2) is 0 Å². The first-order chi connectivity index (χ1) is 24.1. The summed E-state index contributed by atoms with van der Waals surface area (Å²) in [6.45, 7) is 1.24. The van der Waals surface area contributed by atoms with Crippen molar-refractivity contribution in [1.29, 1.82) is 0 Å². The number of carbonyl (C=O) groups excluding carboxylic acids is 3. The molecule has 0 fully saturated rings. The summed E-state index contributed by atoms with van der Waals surface area (Å²) in [5, 5.41) is 19.1. The maximum atomic E-state index is 13.8. The van der Waals surface area contributed by atoms with Crippen LogP contribution in [0.1, 0.15) is 52.1 Å². The largest absolute Gasteiger partial charge is 0.491 e. The van der Waals surface area contributed by atoms with Crippen molar-refractivity contribution in [3.8, 4) is 5.75 Å².